The van der Waals surface area contributed by atoms with Crippen molar-refractivity contribution in [3.05, 3.63) is 17.7 Å². The first-order valence-electron chi connectivity index (χ1n) is 5.27. The molecule has 0 saturated carbocycles. The molecule has 5 nitrogen and oxygen atoms in total. The first kappa shape index (κ1) is 13.5. The summed E-state index contributed by atoms with van der Waals surface area (Å²) in [6.45, 7) is -1.52. The van der Waals surface area contributed by atoms with Crippen molar-refractivity contribution in [2.45, 2.75) is 12.8 Å². The Hall–Kier alpha value is -1.96. The van der Waals surface area contributed by atoms with E-state index in [0.717, 1.165) is 0 Å². The average Bonchev–Trinajstić information content (AvgIpc) is 2.69. The number of ether oxygens (including phenoxy) is 2. The minimum atomic E-state index is -4.35. The fourth-order valence-corrected chi connectivity index (χ4v) is 1.65. The number of rotatable bonds is 4. The maximum atomic E-state index is 12.0. The Labute approximate surface area is 106 Å². The van der Waals surface area contributed by atoms with Gasteiger partial charge in [-0.25, -0.2) is 0 Å². The van der Waals surface area contributed by atoms with Crippen LogP contribution in [0, 0.1) is 0 Å². The molecule has 0 saturated heterocycles. The molecule has 1 aromatic heterocycles. The number of anilines is 1. The predicted molar refractivity (Wildman–Crippen MR) is 60.7 cm³/mol. The molecule has 0 spiro atoms. The number of hydrogen-bond acceptors (Lipinski definition) is 5. The third-order valence-electron chi connectivity index (χ3n) is 2.38. The van der Waals surface area contributed by atoms with Gasteiger partial charge in [0, 0.05) is 0 Å². The first-order valence-corrected chi connectivity index (χ1v) is 5.27. The van der Waals surface area contributed by atoms with Crippen LogP contribution in [0.3, 0.4) is 0 Å². The lowest BCUT2D eigenvalue weighted by Crippen LogP contribution is -2.16. The molecule has 104 valence electrons. The lowest BCUT2D eigenvalue weighted by atomic mass is 10.1. The monoisotopic (exact) mass is 276 g/mol. The second-order valence-corrected chi connectivity index (χ2v) is 3.85. The average molecular weight is 276 g/mol. The molecule has 2 rings (SSSR count). The Morgan fingerprint density at radius 2 is 2.11 bits per heavy atom. The van der Waals surface area contributed by atoms with Crippen LogP contribution in [0.1, 0.15) is 5.56 Å². The van der Waals surface area contributed by atoms with Crippen LogP contribution in [0.2, 0.25) is 0 Å². The molecule has 0 atom stereocenters. The highest BCUT2D eigenvalue weighted by Crippen LogP contribution is 2.32. The fourth-order valence-electron chi connectivity index (χ4n) is 1.65. The molecule has 0 bridgehead atoms. The number of alkyl halides is 3. The SMILES string of the molecule is COc1cc(COCC(F)(F)F)cc2noc(N)c12. The summed E-state index contributed by atoms with van der Waals surface area (Å²) < 4.78 is 50.4. The lowest BCUT2D eigenvalue weighted by molar-refractivity contribution is -0.176. The zero-order valence-corrected chi connectivity index (χ0v) is 9.95. The third-order valence-corrected chi connectivity index (χ3v) is 2.38. The van der Waals surface area contributed by atoms with Crippen molar-refractivity contribution < 1.29 is 27.2 Å². The molecule has 2 N–H and O–H groups in total. The third kappa shape index (κ3) is 3.08. The maximum absolute atomic E-state index is 12.0. The molecule has 8 heteroatoms. The molecule has 0 aliphatic heterocycles. The fraction of sp³-hybridized carbons (Fsp3) is 0.364. The molecule has 0 aliphatic carbocycles. The van der Waals surface area contributed by atoms with E-state index in [1.54, 1.807) is 0 Å². The predicted octanol–water partition coefficient (Wildman–Crippen LogP) is 2.50. The summed E-state index contributed by atoms with van der Waals surface area (Å²) in [5, 5.41) is 4.17. The lowest BCUT2D eigenvalue weighted by Gasteiger charge is -2.09. The van der Waals surface area contributed by atoms with Crippen LogP contribution in [0.4, 0.5) is 19.1 Å². The molecule has 0 radical (unpaired) electrons. The van der Waals surface area contributed by atoms with Gasteiger partial charge in [0.1, 0.15) is 23.3 Å². The van der Waals surface area contributed by atoms with E-state index in [4.69, 9.17) is 15.0 Å². The van der Waals surface area contributed by atoms with E-state index in [1.165, 1.54) is 19.2 Å². The van der Waals surface area contributed by atoms with Crippen molar-refractivity contribution in [1.82, 2.24) is 5.16 Å². The number of hydrogen-bond donors (Lipinski definition) is 1. The molecule has 0 amide bonds. The molecule has 0 fully saturated rings. The maximum Gasteiger partial charge on any atom is 0.411 e. The quantitative estimate of drug-likeness (QED) is 0.929. The summed E-state index contributed by atoms with van der Waals surface area (Å²) >= 11 is 0. The van der Waals surface area contributed by atoms with Gasteiger partial charge >= 0.3 is 6.18 Å². The Kier molecular flexibility index (Phi) is 3.52. The largest absolute Gasteiger partial charge is 0.496 e. The van der Waals surface area contributed by atoms with E-state index in [2.05, 4.69) is 9.89 Å². The minimum Gasteiger partial charge on any atom is -0.496 e. The van der Waals surface area contributed by atoms with Crippen LogP contribution in [-0.2, 0) is 11.3 Å². The van der Waals surface area contributed by atoms with E-state index in [9.17, 15) is 13.2 Å². The van der Waals surface area contributed by atoms with Crippen molar-refractivity contribution >= 4 is 16.8 Å². The Balaban J connectivity index is 2.20. The highest BCUT2D eigenvalue weighted by atomic mass is 19.4. The first-order chi connectivity index (χ1) is 8.90. The molecule has 19 heavy (non-hydrogen) atoms. The molecular weight excluding hydrogens is 265 g/mol. The van der Waals surface area contributed by atoms with E-state index in [0.29, 0.717) is 22.2 Å². The Morgan fingerprint density at radius 1 is 1.37 bits per heavy atom. The van der Waals surface area contributed by atoms with Crippen molar-refractivity contribution in [2.24, 2.45) is 0 Å². The van der Waals surface area contributed by atoms with Gasteiger partial charge in [0.05, 0.1) is 13.7 Å². The van der Waals surface area contributed by atoms with Gasteiger partial charge in [-0.05, 0) is 17.7 Å². The topological polar surface area (TPSA) is 70.5 Å². The van der Waals surface area contributed by atoms with Crippen molar-refractivity contribution in [3.63, 3.8) is 0 Å². The van der Waals surface area contributed by atoms with E-state index >= 15 is 0 Å². The summed E-state index contributed by atoms with van der Waals surface area (Å²) in [7, 11) is 1.42. The van der Waals surface area contributed by atoms with Gasteiger partial charge in [0.15, 0.2) is 0 Å². The van der Waals surface area contributed by atoms with E-state index in [-0.39, 0.29) is 12.5 Å². The highest BCUT2D eigenvalue weighted by Gasteiger charge is 2.27. The number of fused-ring (bicyclic) bond motifs is 1. The number of nitrogens with two attached hydrogens (primary N) is 1. The summed E-state index contributed by atoms with van der Waals surface area (Å²) in [5.41, 5.74) is 6.46. The number of benzene rings is 1. The van der Waals surface area contributed by atoms with Crippen molar-refractivity contribution in [3.8, 4) is 5.75 Å². The zero-order valence-electron chi connectivity index (χ0n) is 9.95. The number of halogens is 3. The highest BCUT2D eigenvalue weighted by molar-refractivity contribution is 5.93. The van der Waals surface area contributed by atoms with Gasteiger partial charge < -0.3 is 19.7 Å². The van der Waals surface area contributed by atoms with Crippen LogP contribution in [0.5, 0.6) is 5.75 Å². The standard InChI is InChI=1S/C11H11F3N2O3/c1-17-8-3-6(4-18-5-11(12,13)14)2-7-9(8)10(15)19-16-7/h2-3H,4-5,15H2,1H3. The van der Waals surface area contributed by atoms with Crippen LogP contribution in [0.15, 0.2) is 16.7 Å². The zero-order chi connectivity index (χ0) is 14.0. The number of nitrogens with zero attached hydrogens (tertiary/aromatic N) is 1. The normalized spacial score (nSPS) is 12.0. The summed E-state index contributed by atoms with van der Waals surface area (Å²) in [4.78, 5) is 0. The number of methoxy groups -OCH3 is 1. The summed E-state index contributed by atoms with van der Waals surface area (Å²) in [6.07, 6.45) is -4.35. The van der Waals surface area contributed by atoms with Gasteiger partial charge in [-0.3, -0.25) is 0 Å². The van der Waals surface area contributed by atoms with Gasteiger partial charge in [0.25, 0.3) is 0 Å². The molecule has 0 aliphatic rings. The van der Waals surface area contributed by atoms with Gasteiger partial charge in [-0.15, -0.1) is 0 Å². The van der Waals surface area contributed by atoms with Crippen LogP contribution in [-0.4, -0.2) is 25.0 Å². The molecule has 1 aromatic carbocycles. The Bertz CT molecular complexity index is 580. The van der Waals surface area contributed by atoms with E-state index in [1.807, 2.05) is 0 Å². The summed E-state index contributed by atoms with van der Waals surface area (Å²) in [5.74, 6) is 0.469. The van der Waals surface area contributed by atoms with Crippen LogP contribution in [0.25, 0.3) is 10.9 Å². The van der Waals surface area contributed by atoms with Gasteiger partial charge in [-0.1, -0.05) is 5.16 Å². The number of nitrogen functional groups attached to an aromatic ring is 1. The minimum absolute atomic E-state index is 0.0922. The second-order valence-electron chi connectivity index (χ2n) is 3.85. The van der Waals surface area contributed by atoms with E-state index < -0.39 is 12.8 Å². The molecule has 2 aromatic rings. The van der Waals surface area contributed by atoms with Crippen molar-refractivity contribution in [1.29, 1.82) is 0 Å². The smallest absolute Gasteiger partial charge is 0.411 e. The number of aromatic nitrogens is 1. The Morgan fingerprint density at radius 3 is 2.74 bits per heavy atom. The molecule has 1 heterocycles. The van der Waals surface area contributed by atoms with Gasteiger partial charge in [-0.2, -0.15) is 13.2 Å². The van der Waals surface area contributed by atoms with Crippen molar-refractivity contribution in [2.75, 3.05) is 19.5 Å². The summed E-state index contributed by atoms with van der Waals surface area (Å²) in [6, 6.07) is 3.07. The van der Waals surface area contributed by atoms with Gasteiger partial charge in [0.2, 0.25) is 5.88 Å². The molecule has 0 unspecified atom stereocenters. The van der Waals surface area contributed by atoms with Crippen LogP contribution >= 0.6 is 0 Å². The van der Waals surface area contributed by atoms with Crippen LogP contribution < -0.4 is 10.5 Å². The molecular formula is C11H11F3N2O3. The second kappa shape index (κ2) is 4.96.